The van der Waals surface area contributed by atoms with E-state index >= 15 is 0 Å². The third-order valence-electron chi connectivity index (χ3n) is 3.40. The number of nitrogens with one attached hydrogen (secondary N) is 2. The van der Waals surface area contributed by atoms with Crippen molar-refractivity contribution in [3.63, 3.8) is 0 Å². The maximum Gasteiger partial charge on any atom is 0.222 e. The molecule has 0 aliphatic rings. The maximum absolute atomic E-state index is 13.7. The maximum atomic E-state index is 13.7. The number of carbonyl (C=O) groups is 2. The van der Waals surface area contributed by atoms with Gasteiger partial charge in [0.15, 0.2) is 0 Å². The van der Waals surface area contributed by atoms with Crippen molar-refractivity contribution in [1.29, 1.82) is 0 Å². The number of hydrogen-bond acceptors (Lipinski definition) is 3. The van der Waals surface area contributed by atoms with Crippen LogP contribution < -0.4 is 10.6 Å². The minimum absolute atomic E-state index is 0.110. The van der Waals surface area contributed by atoms with Gasteiger partial charge in [-0.1, -0.05) is 24.3 Å². The summed E-state index contributed by atoms with van der Waals surface area (Å²) in [7, 11) is 0. The van der Waals surface area contributed by atoms with E-state index < -0.39 is 6.04 Å². The Morgan fingerprint density at radius 1 is 1.17 bits per heavy atom. The third kappa shape index (κ3) is 4.89. The number of thiophene rings is 1. The predicted octanol–water partition coefficient (Wildman–Crippen LogP) is 3.33. The molecule has 122 valence electrons. The van der Waals surface area contributed by atoms with E-state index in [1.165, 1.54) is 24.3 Å². The number of rotatable bonds is 6. The molecular formula is C17H19FN2O2S. The fourth-order valence-electron chi connectivity index (χ4n) is 2.35. The molecule has 0 saturated heterocycles. The van der Waals surface area contributed by atoms with Crippen LogP contribution in [0.3, 0.4) is 0 Å². The molecule has 2 amide bonds. The van der Waals surface area contributed by atoms with Crippen LogP contribution in [0.5, 0.6) is 0 Å². The normalized spacial score (nSPS) is 13.2. The molecule has 2 atom stereocenters. The Hall–Kier alpha value is -2.21. The number of halogens is 1. The average molecular weight is 334 g/mol. The molecule has 0 bridgehead atoms. The van der Waals surface area contributed by atoms with Gasteiger partial charge in [0.25, 0.3) is 0 Å². The monoisotopic (exact) mass is 334 g/mol. The van der Waals surface area contributed by atoms with Crippen LogP contribution in [0.4, 0.5) is 4.39 Å². The van der Waals surface area contributed by atoms with E-state index in [9.17, 15) is 14.0 Å². The Morgan fingerprint density at radius 3 is 2.52 bits per heavy atom. The first-order chi connectivity index (χ1) is 11.0. The zero-order valence-electron chi connectivity index (χ0n) is 13.0. The summed E-state index contributed by atoms with van der Waals surface area (Å²) >= 11 is 1.48. The van der Waals surface area contributed by atoms with Crippen molar-refractivity contribution < 1.29 is 14.0 Å². The molecule has 0 spiro atoms. The van der Waals surface area contributed by atoms with E-state index in [0.717, 1.165) is 4.88 Å². The first kappa shape index (κ1) is 17.1. The van der Waals surface area contributed by atoms with Crippen LogP contribution in [-0.2, 0) is 9.59 Å². The molecular weight excluding hydrogens is 315 g/mol. The topological polar surface area (TPSA) is 58.2 Å². The van der Waals surface area contributed by atoms with Gasteiger partial charge in [-0.25, -0.2) is 4.39 Å². The van der Waals surface area contributed by atoms with E-state index in [2.05, 4.69) is 10.6 Å². The quantitative estimate of drug-likeness (QED) is 0.851. The lowest BCUT2D eigenvalue weighted by molar-refractivity contribution is -0.123. The zero-order valence-corrected chi connectivity index (χ0v) is 13.8. The summed E-state index contributed by atoms with van der Waals surface area (Å²) in [4.78, 5) is 24.5. The van der Waals surface area contributed by atoms with Gasteiger partial charge in [-0.05, 0) is 24.4 Å². The highest BCUT2D eigenvalue weighted by Gasteiger charge is 2.20. The second kappa shape index (κ2) is 7.87. The number of benzene rings is 1. The Bertz CT molecular complexity index is 673. The third-order valence-corrected chi connectivity index (χ3v) is 4.39. The fraction of sp³-hybridized carbons (Fsp3) is 0.294. The highest BCUT2D eigenvalue weighted by molar-refractivity contribution is 7.10. The van der Waals surface area contributed by atoms with Gasteiger partial charge in [-0.2, -0.15) is 0 Å². The van der Waals surface area contributed by atoms with Gasteiger partial charge in [0.1, 0.15) is 5.82 Å². The van der Waals surface area contributed by atoms with Crippen molar-refractivity contribution in [3.8, 4) is 0 Å². The zero-order chi connectivity index (χ0) is 16.8. The molecule has 6 heteroatoms. The van der Waals surface area contributed by atoms with Crippen LogP contribution in [0, 0.1) is 5.82 Å². The van der Waals surface area contributed by atoms with Crippen LogP contribution >= 0.6 is 11.3 Å². The molecule has 4 nitrogen and oxygen atoms in total. The molecule has 2 N–H and O–H groups in total. The van der Waals surface area contributed by atoms with Crippen LogP contribution in [-0.4, -0.2) is 11.8 Å². The highest BCUT2D eigenvalue weighted by Crippen LogP contribution is 2.23. The van der Waals surface area contributed by atoms with Gasteiger partial charge in [0.05, 0.1) is 18.5 Å². The van der Waals surface area contributed by atoms with Crippen molar-refractivity contribution >= 4 is 23.2 Å². The lowest BCUT2D eigenvalue weighted by Crippen LogP contribution is -2.33. The van der Waals surface area contributed by atoms with E-state index in [0.29, 0.717) is 5.56 Å². The van der Waals surface area contributed by atoms with Crippen molar-refractivity contribution in [2.75, 3.05) is 0 Å². The minimum Gasteiger partial charge on any atom is -0.349 e. The molecule has 0 unspecified atom stereocenters. The standard InChI is InChI=1S/C17H19FN2O2S/c1-11(13-6-3-4-7-14(13)18)19-17(22)10-15(20-12(2)21)16-8-5-9-23-16/h3-9,11,15H,10H2,1-2H3,(H,19,22)(H,20,21)/t11-,15+/m1/s1. The van der Waals surface area contributed by atoms with Gasteiger partial charge in [-0.3, -0.25) is 9.59 Å². The predicted molar refractivity (Wildman–Crippen MR) is 88.5 cm³/mol. The van der Waals surface area contributed by atoms with E-state index in [1.54, 1.807) is 25.1 Å². The van der Waals surface area contributed by atoms with Gasteiger partial charge in [0, 0.05) is 17.4 Å². The van der Waals surface area contributed by atoms with Crippen molar-refractivity contribution in [1.82, 2.24) is 10.6 Å². The number of hydrogen-bond donors (Lipinski definition) is 2. The summed E-state index contributed by atoms with van der Waals surface area (Å²) in [5.41, 5.74) is 0.438. The molecule has 0 aliphatic heterocycles. The molecule has 1 heterocycles. The van der Waals surface area contributed by atoms with Gasteiger partial charge < -0.3 is 10.6 Å². The average Bonchev–Trinajstić information content (AvgIpc) is 3.00. The molecule has 0 saturated carbocycles. The van der Waals surface area contributed by atoms with Crippen LogP contribution in [0.2, 0.25) is 0 Å². The van der Waals surface area contributed by atoms with Crippen LogP contribution in [0.1, 0.15) is 42.8 Å². The largest absolute Gasteiger partial charge is 0.349 e. The second-order valence-electron chi connectivity index (χ2n) is 5.28. The van der Waals surface area contributed by atoms with Crippen molar-refractivity contribution in [2.24, 2.45) is 0 Å². The first-order valence-electron chi connectivity index (χ1n) is 7.31. The molecule has 2 rings (SSSR count). The molecule has 0 radical (unpaired) electrons. The Balaban J connectivity index is 2.02. The van der Waals surface area contributed by atoms with Gasteiger partial charge in [-0.15, -0.1) is 11.3 Å². The Morgan fingerprint density at radius 2 is 1.91 bits per heavy atom. The SMILES string of the molecule is CC(=O)N[C@@H](CC(=O)N[C@H](C)c1ccccc1F)c1cccs1. The summed E-state index contributed by atoms with van der Waals surface area (Å²) in [5, 5.41) is 7.44. The fourth-order valence-corrected chi connectivity index (χ4v) is 3.13. The summed E-state index contributed by atoms with van der Waals surface area (Å²) in [6.45, 7) is 3.15. The number of amides is 2. The van der Waals surface area contributed by atoms with Crippen molar-refractivity contribution in [3.05, 3.63) is 58.0 Å². The minimum atomic E-state index is -0.440. The van der Waals surface area contributed by atoms with E-state index in [1.807, 2.05) is 17.5 Å². The molecule has 0 fully saturated rings. The van der Waals surface area contributed by atoms with E-state index in [-0.39, 0.29) is 30.1 Å². The summed E-state index contributed by atoms with van der Waals surface area (Å²) in [5.74, 6) is -0.789. The summed E-state index contributed by atoms with van der Waals surface area (Å²) in [6, 6.07) is 9.27. The highest BCUT2D eigenvalue weighted by atomic mass is 32.1. The number of carbonyl (C=O) groups excluding carboxylic acids is 2. The van der Waals surface area contributed by atoms with E-state index in [4.69, 9.17) is 0 Å². The summed E-state index contributed by atoms with van der Waals surface area (Å²) in [6.07, 6.45) is 0.110. The Kier molecular flexibility index (Phi) is 5.87. The lowest BCUT2D eigenvalue weighted by Gasteiger charge is -2.19. The smallest absolute Gasteiger partial charge is 0.222 e. The van der Waals surface area contributed by atoms with Gasteiger partial charge in [0.2, 0.25) is 11.8 Å². The van der Waals surface area contributed by atoms with Gasteiger partial charge >= 0.3 is 0 Å². The summed E-state index contributed by atoms with van der Waals surface area (Å²) < 4.78 is 13.7. The second-order valence-corrected chi connectivity index (χ2v) is 6.26. The molecule has 2 aromatic rings. The van der Waals surface area contributed by atoms with Crippen LogP contribution in [0.25, 0.3) is 0 Å². The van der Waals surface area contributed by atoms with Crippen LogP contribution in [0.15, 0.2) is 41.8 Å². The molecule has 0 aliphatic carbocycles. The molecule has 23 heavy (non-hydrogen) atoms. The Labute approximate surface area is 138 Å². The lowest BCUT2D eigenvalue weighted by atomic mass is 10.1. The molecule has 1 aromatic heterocycles. The molecule has 1 aromatic carbocycles. The van der Waals surface area contributed by atoms with Crippen molar-refractivity contribution in [2.45, 2.75) is 32.4 Å². The first-order valence-corrected chi connectivity index (χ1v) is 8.19.